The summed E-state index contributed by atoms with van der Waals surface area (Å²) in [5, 5.41) is 5.81. The minimum Gasteiger partial charge on any atom is -0.493 e. The largest absolute Gasteiger partial charge is 0.493 e. The van der Waals surface area contributed by atoms with E-state index in [0.29, 0.717) is 48.3 Å². The van der Waals surface area contributed by atoms with Gasteiger partial charge in [0.2, 0.25) is 5.75 Å². The molecule has 0 saturated carbocycles. The summed E-state index contributed by atoms with van der Waals surface area (Å²) >= 11 is 0. The van der Waals surface area contributed by atoms with Gasteiger partial charge in [-0.05, 0) is 60.9 Å². The summed E-state index contributed by atoms with van der Waals surface area (Å²) in [4.78, 5) is 54.5. The number of aromatic nitrogens is 1. The molecule has 3 aromatic carbocycles. The molecule has 48 heavy (non-hydrogen) atoms. The first-order valence-electron chi connectivity index (χ1n) is 15.4. The molecule has 2 atom stereocenters. The predicted molar refractivity (Wildman–Crippen MR) is 180 cm³/mol. The molecule has 12 nitrogen and oxygen atoms in total. The number of nitrogens with zero attached hydrogens (tertiary/aromatic N) is 2. The number of hydrogen-bond acceptors (Lipinski definition) is 9. The van der Waals surface area contributed by atoms with E-state index in [2.05, 4.69) is 15.5 Å². The second-order valence-corrected chi connectivity index (χ2v) is 11.7. The number of para-hydroxylation sites is 1. The van der Waals surface area contributed by atoms with Crippen LogP contribution >= 0.6 is 0 Å². The number of methoxy groups -OCH3 is 4. The SMILES string of the molecule is COC(=O)c1ccccc1NC(=O)c1ccc(N2CC3CC(C2)c2cccc(=O)n2C3)c(NC(=O)c2cc(OC)c(OC)c(OC)c2)c1. The Morgan fingerprint density at radius 1 is 0.729 bits per heavy atom. The van der Waals surface area contributed by atoms with E-state index in [9.17, 15) is 19.2 Å². The normalized spacial score (nSPS) is 16.3. The van der Waals surface area contributed by atoms with Crippen LogP contribution < -0.4 is 35.3 Å². The number of rotatable bonds is 9. The van der Waals surface area contributed by atoms with Gasteiger partial charge in [0.25, 0.3) is 17.4 Å². The number of carbonyl (C=O) groups is 3. The number of pyridine rings is 1. The molecule has 2 bridgehead atoms. The molecule has 1 aromatic heterocycles. The van der Waals surface area contributed by atoms with E-state index in [-0.39, 0.29) is 34.1 Å². The van der Waals surface area contributed by atoms with Gasteiger partial charge in [-0.1, -0.05) is 18.2 Å². The van der Waals surface area contributed by atoms with Crippen LogP contribution in [0.2, 0.25) is 0 Å². The first-order valence-corrected chi connectivity index (χ1v) is 15.4. The van der Waals surface area contributed by atoms with Gasteiger partial charge >= 0.3 is 5.97 Å². The van der Waals surface area contributed by atoms with Crippen molar-refractivity contribution in [2.45, 2.75) is 18.9 Å². The van der Waals surface area contributed by atoms with Gasteiger partial charge < -0.3 is 39.0 Å². The summed E-state index contributed by atoms with van der Waals surface area (Å²) in [7, 11) is 5.69. The summed E-state index contributed by atoms with van der Waals surface area (Å²) in [6.07, 6.45) is 0.952. The third kappa shape index (κ3) is 6.16. The fourth-order valence-corrected chi connectivity index (χ4v) is 6.63. The average molecular weight is 653 g/mol. The lowest BCUT2D eigenvalue weighted by Gasteiger charge is -2.44. The van der Waals surface area contributed by atoms with Gasteiger partial charge in [0.05, 0.1) is 51.1 Å². The topological polar surface area (TPSA) is 137 Å². The highest BCUT2D eigenvalue weighted by Gasteiger charge is 2.35. The summed E-state index contributed by atoms with van der Waals surface area (Å²) in [6, 6.07) is 20.2. The minimum atomic E-state index is -0.584. The van der Waals surface area contributed by atoms with Gasteiger partial charge in [0.1, 0.15) is 0 Å². The fraction of sp³-hybridized carbons (Fsp3) is 0.278. The average Bonchev–Trinajstić information content (AvgIpc) is 3.11. The number of esters is 1. The summed E-state index contributed by atoms with van der Waals surface area (Å²) in [5.74, 6) is -0.213. The molecular formula is C36H36N4O8. The number of amides is 2. The van der Waals surface area contributed by atoms with Gasteiger partial charge in [-0.25, -0.2) is 4.79 Å². The highest BCUT2D eigenvalue weighted by atomic mass is 16.5. The van der Waals surface area contributed by atoms with Crippen LogP contribution in [-0.4, -0.2) is 63.9 Å². The zero-order valence-corrected chi connectivity index (χ0v) is 27.1. The molecule has 2 N–H and O–H groups in total. The van der Waals surface area contributed by atoms with Crippen molar-refractivity contribution in [3.63, 3.8) is 0 Å². The van der Waals surface area contributed by atoms with Crippen LogP contribution in [0.1, 0.15) is 49.1 Å². The third-order valence-electron chi connectivity index (χ3n) is 8.83. The monoisotopic (exact) mass is 652 g/mol. The summed E-state index contributed by atoms with van der Waals surface area (Å²) in [5.41, 5.74) is 3.13. The Balaban J connectivity index is 1.36. The second-order valence-electron chi connectivity index (χ2n) is 11.7. The molecule has 2 amide bonds. The minimum absolute atomic E-state index is 0.00177. The van der Waals surface area contributed by atoms with Crippen LogP contribution in [0.4, 0.5) is 17.1 Å². The van der Waals surface area contributed by atoms with Gasteiger partial charge in [-0.2, -0.15) is 0 Å². The second kappa shape index (κ2) is 13.5. The lowest BCUT2D eigenvalue weighted by Crippen LogP contribution is -2.47. The molecule has 2 aliphatic rings. The van der Waals surface area contributed by atoms with Crippen molar-refractivity contribution in [1.82, 2.24) is 4.57 Å². The number of ether oxygens (including phenoxy) is 4. The van der Waals surface area contributed by atoms with Crippen LogP contribution in [0, 0.1) is 5.92 Å². The number of piperidine rings is 1. The number of nitrogens with one attached hydrogen (secondary N) is 2. The van der Waals surface area contributed by atoms with E-state index in [1.54, 1.807) is 60.7 Å². The van der Waals surface area contributed by atoms with E-state index in [0.717, 1.165) is 17.8 Å². The predicted octanol–water partition coefficient (Wildman–Crippen LogP) is 4.79. The van der Waals surface area contributed by atoms with Crippen molar-refractivity contribution in [2.75, 3.05) is 57.1 Å². The number of carbonyl (C=O) groups excluding carboxylic acids is 3. The molecule has 248 valence electrons. The molecule has 2 unspecified atom stereocenters. The molecular weight excluding hydrogens is 616 g/mol. The maximum atomic E-state index is 13.8. The number of hydrogen-bond donors (Lipinski definition) is 2. The van der Waals surface area contributed by atoms with E-state index in [1.165, 1.54) is 28.4 Å². The van der Waals surface area contributed by atoms with Crippen molar-refractivity contribution in [2.24, 2.45) is 5.92 Å². The lowest BCUT2D eigenvalue weighted by atomic mass is 9.83. The summed E-state index contributed by atoms with van der Waals surface area (Å²) < 4.78 is 23.1. The fourth-order valence-electron chi connectivity index (χ4n) is 6.63. The first-order chi connectivity index (χ1) is 23.2. The first kappa shape index (κ1) is 32.2. The van der Waals surface area contributed by atoms with E-state index in [1.807, 2.05) is 16.7 Å². The molecule has 0 aliphatic carbocycles. The maximum Gasteiger partial charge on any atom is 0.339 e. The standard InChI is InChI=1S/C36H36N4O8/c1-45-30-16-23(17-31(46-2)33(30)47-3)35(43)38-27-15-22(34(42)37-26-9-6-5-8-25(26)36(44)48-4)12-13-29(27)39-18-21-14-24(20-39)28-10-7-11-32(41)40(28)19-21/h5-13,15-17,21,24H,14,18-20H2,1-4H3,(H,37,42)(H,38,43). The smallest absolute Gasteiger partial charge is 0.339 e. The molecule has 3 heterocycles. The highest BCUT2D eigenvalue weighted by Crippen LogP contribution is 2.41. The van der Waals surface area contributed by atoms with Crippen molar-refractivity contribution in [3.8, 4) is 17.2 Å². The van der Waals surface area contributed by atoms with Crippen molar-refractivity contribution in [3.05, 3.63) is 106 Å². The highest BCUT2D eigenvalue weighted by molar-refractivity contribution is 6.11. The number of fused-ring (bicyclic) bond motifs is 4. The Kier molecular flexibility index (Phi) is 9.06. The van der Waals surface area contributed by atoms with Crippen LogP contribution in [0.25, 0.3) is 0 Å². The molecule has 12 heteroatoms. The third-order valence-corrected chi connectivity index (χ3v) is 8.83. The Bertz CT molecular complexity index is 1930. The Morgan fingerprint density at radius 2 is 1.44 bits per heavy atom. The van der Waals surface area contributed by atoms with Gasteiger partial charge in [0.15, 0.2) is 11.5 Å². The van der Waals surface area contributed by atoms with Crippen molar-refractivity contribution in [1.29, 1.82) is 0 Å². The van der Waals surface area contributed by atoms with Crippen LogP contribution in [0.5, 0.6) is 17.2 Å². The molecule has 1 fully saturated rings. The Labute approximate surface area is 277 Å². The molecule has 0 spiro atoms. The van der Waals surface area contributed by atoms with Crippen molar-refractivity contribution >= 4 is 34.8 Å². The van der Waals surface area contributed by atoms with E-state index >= 15 is 0 Å². The van der Waals surface area contributed by atoms with Gasteiger partial charge in [-0.3, -0.25) is 14.4 Å². The van der Waals surface area contributed by atoms with Crippen LogP contribution in [0.15, 0.2) is 77.6 Å². The summed E-state index contributed by atoms with van der Waals surface area (Å²) in [6.45, 7) is 1.88. The Hall–Kier alpha value is -5.78. The Morgan fingerprint density at radius 3 is 2.15 bits per heavy atom. The molecule has 0 radical (unpaired) electrons. The van der Waals surface area contributed by atoms with Crippen molar-refractivity contribution < 1.29 is 33.3 Å². The maximum absolute atomic E-state index is 13.8. The molecule has 4 aromatic rings. The number of anilines is 3. The zero-order chi connectivity index (χ0) is 33.9. The molecule has 2 aliphatic heterocycles. The molecule has 1 saturated heterocycles. The quantitative estimate of drug-likeness (QED) is 0.245. The van der Waals surface area contributed by atoms with Gasteiger partial charge in [0, 0.05) is 48.4 Å². The lowest BCUT2D eigenvalue weighted by molar-refractivity contribution is 0.0601. The zero-order valence-electron chi connectivity index (χ0n) is 27.1. The van der Waals surface area contributed by atoms with Crippen LogP contribution in [-0.2, 0) is 11.3 Å². The molecule has 6 rings (SSSR count). The van der Waals surface area contributed by atoms with Gasteiger partial charge in [-0.15, -0.1) is 0 Å². The van der Waals surface area contributed by atoms with E-state index < -0.39 is 17.8 Å². The van der Waals surface area contributed by atoms with Crippen LogP contribution in [0.3, 0.4) is 0 Å². The van der Waals surface area contributed by atoms with E-state index in [4.69, 9.17) is 18.9 Å². The number of benzene rings is 3.